The van der Waals surface area contributed by atoms with Gasteiger partial charge in [-0.1, -0.05) is 56.3 Å². The van der Waals surface area contributed by atoms with Crippen molar-refractivity contribution in [2.45, 2.75) is 26.7 Å². The molecule has 146 valence electrons. The molecule has 0 aliphatic heterocycles. The monoisotopic (exact) mass is 388 g/mol. The summed E-state index contributed by atoms with van der Waals surface area (Å²) in [6.45, 7) is 4.44. The molecule has 0 radical (unpaired) electrons. The normalized spacial score (nSPS) is 11.9. The Kier molecular flexibility index (Phi) is 3.76. The van der Waals surface area contributed by atoms with Gasteiger partial charge in [0.15, 0.2) is 0 Å². The number of fused-ring (bicyclic) bond motifs is 7. The number of aryl methyl sites for hydroxylation is 2. The SMILES string of the molecule is CCc1ccc2[nH]c3c(ccc4c5cc(CC)ccc5n(-c5ccccc5)c43)c2c1. The largest absolute Gasteiger partial charge is 0.353 e. The van der Waals surface area contributed by atoms with Crippen LogP contribution >= 0.6 is 0 Å². The van der Waals surface area contributed by atoms with Gasteiger partial charge >= 0.3 is 0 Å². The summed E-state index contributed by atoms with van der Waals surface area (Å²) in [4.78, 5) is 3.75. The first-order chi connectivity index (χ1) is 14.8. The van der Waals surface area contributed by atoms with Crippen molar-refractivity contribution >= 4 is 43.6 Å². The first kappa shape index (κ1) is 17.3. The van der Waals surface area contributed by atoms with Crippen LogP contribution in [0.3, 0.4) is 0 Å². The van der Waals surface area contributed by atoms with E-state index in [4.69, 9.17) is 0 Å². The highest BCUT2D eigenvalue weighted by atomic mass is 15.0. The molecule has 0 aliphatic rings. The standard InChI is InChI=1S/C28H24N2/c1-3-18-10-14-25-23(16-18)21-12-13-22-24-17-19(4-2)11-15-26(24)30(28(22)27(21)29-25)20-8-6-5-7-9-20/h5-17,29H,3-4H2,1-2H3. The Balaban J connectivity index is 1.84. The van der Waals surface area contributed by atoms with Gasteiger partial charge in [-0.15, -0.1) is 0 Å². The Morgan fingerprint density at radius 1 is 0.667 bits per heavy atom. The third-order valence-corrected chi connectivity index (χ3v) is 6.46. The van der Waals surface area contributed by atoms with E-state index in [1.807, 2.05) is 0 Å². The minimum atomic E-state index is 1.04. The van der Waals surface area contributed by atoms with Crippen LogP contribution in [-0.4, -0.2) is 9.55 Å². The Morgan fingerprint density at radius 2 is 1.37 bits per heavy atom. The van der Waals surface area contributed by atoms with Gasteiger partial charge in [-0.2, -0.15) is 0 Å². The molecule has 4 aromatic carbocycles. The molecule has 6 rings (SSSR count). The molecule has 6 aromatic rings. The van der Waals surface area contributed by atoms with Crippen molar-refractivity contribution < 1.29 is 0 Å². The minimum Gasteiger partial charge on any atom is -0.353 e. The second kappa shape index (κ2) is 6.50. The summed E-state index contributed by atoms with van der Waals surface area (Å²) in [6.07, 6.45) is 2.09. The summed E-state index contributed by atoms with van der Waals surface area (Å²) < 4.78 is 2.42. The van der Waals surface area contributed by atoms with E-state index in [0.717, 1.165) is 12.8 Å². The topological polar surface area (TPSA) is 20.7 Å². The van der Waals surface area contributed by atoms with Crippen LogP contribution in [0.2, 0.25) is 0 Å². The Hall–Kier alpha value is -3.52. The molecule has 0 saturated heterocycles. The molecule has 0 spiro atoms. The van der Waals surface area contributed by atoms with Crippen LogP contribution in [0.15, 0.2) is 78.9 Å². The summed E-state index contributed by atoms with van der Waals surface area (Å²) >= 11 is 0. The summed E-state index contributed by atoms with van der Waals surface area (Å²) in [5.74, 6) is 0. The zero-order chi connectivity index (χ0) is 20.2. The fourth-order valence-electron chi connectivity index (χ4n) is 4.85. The van der Waals surface area contributed by atoms with Crippen LogP contribution in [0.5, 0.6) is 0 Å². The maximum absolute atomic E-state index is 3.75. The van der Waals surface area contributed by atoms with Crippen molar-refractivity contribution in [3.63, 3.8) is 0 Å². The molecule has 0 bridgehead atoms. The van der Waals surface area contributed by atoms with E-state index in [9.17, 15) is 0 Å². The van der Waals surface area contributed by atoms with E-state index in [2.05, 4.69) is 102 Å². The number of benzene rings is 4. The molecule has 0 amide bonds. The van der Waals surface area contributed by atoms with Crippen LogP contribution in [0.4, 0.5) is 0 Å². The highest BCUT2D eigenvalue weighted by molar-refractivity contribution is 6.22. The van der Waals surface area contributed by atoms with Crippen molar-refractivity contribution in [3.05, 3.63) is 90.0 Å². The van der Waals surface area contributed by atoms with Crippen molar-refractivity contribution in [3.8, 4) is 5.69 Å². The van der Waals surface area contributed by atoms with Crippen molar-refractivity contribution in [2.75, 3.05) is 0 Å². The first-order valence-corrected chi connectivity index (χ1v) is 10.8. The lowest BCUT2D eigenvalue weighted by molar-refractivity contribution is 1.14. The summed E-state index contributed by atoms with van der Waals surface area (Å²) in [5.41, 5.74) is 8.88. The number of nitrogens with one attached hydrogen (secondary N) is 1. The number of rotatable bonds is 3. The van der Waals surface area contributed by atoms with Crippen LogP contribution < -0.4 is 0 Å². The van der Waals surface area contributed by atoms with Gasteiger partial charge in [-0.3, -0.25) is 0 Å². The zero-order valence-electron chi connectivity index (χ0n) is 17.4. The van der Waals surface area contributed by atoms with Crippen LogP contribution in [0, 0.1) is 0 Å². The van der Waals surface area contributed by atoms with E-state index >= 15 is 0 Å². The quantitative estimate of drug-likeness (QED) is 0.323. The Bertz CT molecular complexity index is 1550. The fraction of sp³-hybridized carbons (Fsp3) is 0.143. The average Bonchev–Trinajstić information content (AvgIpc) is 3.34. The maximum atomic E-state index is 3.75. The van der Waals surface area contributed by atoms with E-state index in [0.29, 0.717) is 0 Å². The van der Waals surface area contributed by atoms with Gasteiger partial charge in [0, 0.05) is 32.7 Å². The third kappa shape index (κ3) is 2.37. The van der Waals surface area contributed by atoms with Gasteiger partial charge in [0.05, 0.1) is 16.6 Å². The smallest absolute Gasteiger partial charge is 0.0783 e. The lowest BCUT2D eigenvalue weighted by atomic mass is 10.0. The van der Waals surface area contributed by atoms with Gasteiger partial charge in [0.1, 0.15) is 0 Å². The fourth-order valence-corrected chi connectivity index (χ4v) is 4.85. The minimum absolute atomic E-state index is 1.04. The molecular formula is C28H24N2. The van der Waals surface area contributed by atoms with Crippen LogP contribution in [-0.2, 0) is 12.8 Å². The summed E-state index contributed by atoms with van der Waals surface area (Å²) in [5, 5.41) is 5.23. The van der Waals surface area contributed by atoms with E-state index in [1.54, 1.807) is 0 Å². The van der Waals surface area contributed by atoms with Gasteiger partial charge < -0.3 is 9.55 Å². The highest BCUT2D eigenvalue weighted by Crippen LogP contribution is 2.39. The molecule has 30 heavy (non-hydrogen) atoms. The maximum Gasteiger partial charge on any atom is 0.0783 e. The van der Waals surface area contributed by atoms with Crippen LogP contribution in [0.1, 0.15) is 25.0 Å². The van der Waals surface area contributed by atoms with E-state index in [1.165, 1.54) is 60.4 Å². The molecule has 0 atom stereocenters. The van der Waals surface area contributed by atoms with Gasteiger partial charge in [-0.05, 0) is 60.4 Å². The van der Waals surface area contributed by atoms with Gasteiger partial charge in [-0.25, -0.2) is 0 Å². The predicted octanol–water partition coefficient (Wildman–Crippen LogP) is 7.54. The molecule has 2 heterocycles. The van der Waals surface area contributed by atoms with Crippen molar-refractivity contribution in [1.29, 1.82) is 0 Å². The Labute approximate surface area is 175 Å². The molecule has 2 aromatic heterocycles. The molecule has 0 aliphatic carbocycles. The number of H-pyrrole nitrogens is 1. The molecule has 2 nitrogen and oxygen atoms in total. The van der Waals surface area contributed by atoms with E-state index < -0.39 is 0 Å². The van der Waals surface area contributed by atoms with Crippen molar-refractivity contribution in [1.82, 2.24) is 9.55 Å². The summed E-state index contributed by atoms with van der Waals surface area (Å²) in [6, 6.07) is 29.0. The van der Waals surface area contributed by atoms with Gasteiger partial charge in [0.25, 0.3) is 0 Å². The molecule has 0 saturated carbocycles. The average molecular weight is 389 g/mol. The molecule has 0 fully saturated rings. The second-order valence-electron chi connectivity index (χ2n) is 8.12. The zero-order valence-corrected chi connectivity index (χ0v) is 17.4. The molecule has 2 heteroatoms. The number of hydrogen-bond acceptors (Lipinski definition) is 0. The first-order valence-electron chi connectivity index (χ1n) is 10.8. The van der Waals surface area contributed by atoms with Crippen molar-refractivity contribution in [2.24, 2.45) is 0 Å². The third-order valence-electron chi connectivity index (χ3n) is 6.46. The predicted molar refractivity (Wildman–Crippen MR) is 129 cm³/mol. The molecule has 1 N–H and O–H groups in total. The Morgan fingerprint density at radius 3 is 2.13 bits per heavy atom. The lowest BCUT2D eigenvalue weighted by Gasteiger charge is -2.08. The number of hydrogen-bond donors (Lipinski definition) is 1. The number of aromatic amines is 1. The highest BCUT2D eigenvalue weighted by Gasteiger charge is 2.17. The molecular weight excluding hydrogens is 364 g/mol. The lowest BCUT2D eigenvalue weighted by Crippen LogP contribution is -1.94. The number of para-hydroxylation sites is 1. The number of aromatic nitrogens is 2. The molecule has 0 unspecified atom stereocenters. The van der Waals surface area contributed by atoms with Crippen LogP contribution in [0.25, 0.3) is 49.3 Å². The van der Waals surface area contributed by atoms with E-state index in [-0.39, 0.29) is 0 Å². The second-order valence-corrected chi connectivity index (χ2v) is 8.12. The summed E-state index contributed by atoms with van der Waals surface area (Å²) in [7, 11) is 0. The van der Waals surface area contributed by atoms with Gasteiger partial charge in [0.2, 0.25) is 0 Å². The number of nitrogens with zero attached hydrogens (tertiary/aromatic N) is 1.